The summed E-state index contributed by atoms with van der Waals surface area (Å²) < 4.78 is 15.2. The molecule has 0 saturated carbocycles. The Morgan fingerprint density at radius 1 is 1.50 bits per heavy atom. The van der Waals surface area contributed by atoms with Crippen LogP contribution < -0.4 is 0 Å². The summed E-state index contributed by atoms with van der Waals surface area (Å²) in [7, 11) is 1.67. The van der Waals surface area contributed by atoms with Gasteiger partial charge in [-0.2, -0.15) is 0 Å². The van der Waals surface area contributed by atoms with Gasteiger partial charge in [-0.15, -0.1) is 0 Å². The Kier molecular flexibility index (Phi) is 3.72. The highest BCUT2D eigenvalue weighted by molar-refractivity contribution is 4.64. The fraction of sp³-hybridized carbons (Fsp3) is 1.00. The summed E-state index contributed by atoms with van der Waals surface area (Å²) in [4.78, 5) is 0. The first-order valence-electron chi connectivity index (χ1n) is 3.62. The molecule has 0 aromatic carbocycles. The highest BCUT2D eigenvalue weighted by Gasteiger charge is 2.17. The molecule has 1 aliphatic heterocycles. The molecule has 0 radical (unpaired) electrons. The predicted molar refractivity (Wildman–Crippen MR) is 37.1 cm³/mol. The van der Waals surface area contributed by atoms with Crippen molar-refractivity contribution in [3.05, 3.63) is 0 Å². The Balaban J connectivity index is 1.76. The van der Waals surface area contributed by atoms with Crippen LogP contribution in [-0.2, 0) is 14.2 Å². The van der Waals surface area contributed by atoms with E-state index in [-0.39, 0.29) is 0 Å². The van der Waals surface area contributed by atoms with Crippen LogP contribution in [0, 0.1) is 0 Å². The van der Waals surface area contributed by atoms with Crippen molar-refractivity contribution in [2.45, 2.75) is 12.5 Å². The van der Waals surface area contributed by atoms with Crippen molar-refractivity contribution in [2.75, 3.05) is 33.5 Å². The molecule has 0 aromatic heterocycles. The molecule has 10 heavy (non-hydrogen) atoms. The summed E-state index contributed by atoms with van der Waals surface area (Å²) in [6.07, 6.45) is 1.50. The van der Waals surface area contributed by atoms with Crippen LogP contribution in [0.5, 0.6) is 0 Å². The van der Waals surface area contributed by atoms with E-state index in [1.165, 1.54) is 0 Å². The second kappa shape index (κ2) is 4.66. The summed E-state index contributed by atoms with van der Waals surface area (Å²) in [5.74, 6) is 0. The van der Waals surface area contributed by atoms with Crippen LogP contribution >= 0.6 is 0 Å². The van der Waals surface area contributed by atoms with Gasteiger partial charge in [-0.3, -0.25) is 0 Å². The summed E-state index contributed by atoms with van der Waals surface area (Å²) in [5, 5.41) is 0. The number of hydrogen-bond acceptors (Lipinski definition) is 3. The van der Waals surface area contributed by atoms with E-state index in [1.807, 2.05) is 0 Å². The quantitative estimate of drug-likeness (QED) is 0.527. The van der Waals surface area contributed by atoms with Crippen LogP contribution in [0.25, 0.3) is 0 Å². The molecule has 1 aliphatic rings. The van der Waals surface area contributed by atoms with Crippen molar-refractivity contribution < 1.29 is 14.2 Å². The van der Waals surface area contributed by atoms with Gasteiger partial charge in [0.05, 0.1) is 25.9 Å². The van der Waals surface area contributed by atoms with Crippen LogP contribution in [0.2, 0.25) is 0 Å². The molecular weight excluding hydrogens is 132 g/mol. The Hall–Kier alpha value is -0.120. The molecule has 0 aromatic rings. The molecule has 1 heterocycles. The minimum atomic E-state index is 0.358. The molecule has 0 aliphatic carbocycles. The molecule has 0 spiro atoms. The standard InChI is InChI=1S/C7H14O3/c1-8-4-5-9-6-7-2-3-10-7/h7H,2-6H2,1H3/t7-/m0/s1. The van der Waals surface area contributed by atoms with Gasteiger partial charge in [-0.05, 0) is 6.42 Å². The molecule has 0 bridgehead atoms. The zero-order valence-corrected chi connectivity index (χ0v) is 6.34. The van der Waals surface area contributed by atoms with E-state index in [1.54, 1.807) is 7.11 Å². The van der Waals surface area contributed by atoms with Crippen LogP contribution in [0.3, 0.4) is 0 Å². The van der Waals surface area contributed by atoms with Crippen LogP contribution in [0.1, 0.15) is 6.42 Å². The lowest BCUT2D eigenvalue weighted by molar-refractivity contribution is -0.0974. The first-order valence-corrected chi connectivity index (χ1v) is 3.62. The monoisotopic (exact) mass is 146 g/mol. The SMILES string of the molecule is COCCOC[C@@H]1CCO1. The maximum Gasteiger partial charge on any atom is 0.0830 e. The third kappa shape index (κ3) is 2.64. The number of methoxy groups -OCH3 is 1. The molecule has 0 N–H and O–H groups in total. The molecule has 1 rings (SSSR count). The normalized spacial score (nSPS) is 24.3. The van der Waals surface area contributed by atoms with Crippen LogP contribution in [0.4, 0.5) is 0 Å². The second-order valence-electron chi connectivity index (χ2n) is 2.35. The van der Waals surface area contributed by atoms with Gasteiger partial charge >= 0.3 is 0 Å². The smallest absolute Gasteiger partial charge is 0.0830 e. The Morgan fingerprint density at radius 2 is 2.30 bits per heavy atom. The van der Waals surface area contributed by atoms with E-state index >= 15 is 0 Å². The topological polar surface area (TPSA) is 27.7 Å². The third-order valence-electron chi connectivity index (χ3n) is 1.53. The van der Waals surface area contributed by atoms with Crippen molar-refractivity contribution in [3.63, 3.8) is 0 Å². The van der Waals surface area contributed by atoms with E-state index in [0.717, 1.165) is 19.6 Å². The van der Waals surface area contributed by atoms with E-state index in [2.05, 4.69) is 0 Å². The maximum atomic E-state index is 5.23. The highest BCUT2D eigenvalue weighted by atomic mass is 16.6. The molecule has 1 fully saturated rings. The van der Waals surface area contributed by atoms with Crippen LogP contribution in [0.15, 0.2) is 0 Å². The summed E-state index contributed by atoms with van der Waals surface area (Å²) in [5.41, 5.74) is 0. The van der Waals surface area contributed by atoms with Gasteiger partial charge in [0, 0.05) is 13.7 Å². The third-order valence-corrected chi connectivity index (χ3v) is 1.53. The van der Waals surface area contributed by atoms with E-state index in [0.29, 0.717) is 19.3 Å². The minimum Gasteiger partial charge on any atom is -0.382 e. The van der Waals surface area contributed by atoms with Gasteiger partial charge in [0.2, 0.25) is 0 Å². The zero-order chi connectivity index (χ0) is 7.23. The fourth-order valence-electron chi connectivity index (χ4n) is 0.773. The highest BCUT2D eigenvalue weighted by Crippen LogP contribution is 2.10. The Labute approximate surface area is 61.3 Å². The second-order valence-corrected chi connectivity index (χ2v) is 2.35. The molecular formula is C7H14O3. The number of ether oxygens (including phenoxy) is 3. The van der Waals surface area contributed by atoms with Crippen LogP contribution in [-0.4, -0.2) is 39.6 Å². The lowest BCUT2D eigenvalue weighted by Gasteiger charge is -2.25. The van der Waals surface area contributed by atoms with Crippen molar-refractivity contribution in [2.24, 2.45) is 0 Å². The average Bonchev–Trinajstić information content (AvgIpc) is 1.84. The minimum absolute atomic E-state index is 0.358. The van der Waals surface area contributed by atoms with Gasteiger partial charge in [0.15, 0.2) is 0 Å². The molecule has 1 atom stereocenters. The van der Waals surface area contributed by atoms with Gasteiger partial charge in [-0.25, -0.2) is 0 Å². The molecule has 3 nitrogen and oxygen atoms in total. The summed E-state index contributed by atoms with van der Waals surface area (Å²) >= 11 is 0. The molecule has 1 saturated heterocycles. The predicted octanol–water partition coefficient (Wildman–Crippen LogP) is 0.438. The van der Waals surface area contributed by atoms with Gasteiger partial charge < -0.3 is 14.2 Å². The van der Waals surface area contributed by atoms with Gasteiger partial charge in [0.25, 0.3) is 0 Å². The van der Waals surface area contributed by atoms with Crippen molar-refractivity contribution in [3.8, 4) is 0 Å². The van der Waals surface area contributed by atoms with Crippen molar-refractivity contribution in [1.82, 2.24) is 0 Å². The lowest BCUT2D eigenvalue weighted by Crippen LogP contribution is -2.31. The number of rotatable bonds is 5. The van der Waals surface area contributed by atoms with Crippen molar-refractivity contribution in [1.29, 1.82) is 0 Å². The van der Waals surface area contributed by atoms with E-state index < -0.39 is 0 Å². The molecule has 0 unspecified atom stereocenters. The molecule has 60 valence electrons. The maximum absolute atomic E-state index is 5.23. The van der Waals surface area contributed by atoms with E-state index in [4.69, 9.17) is 14.2 Å². The van der Waals surface area contributed by atoms with E-state index in [9.17, 15) is 0 Å². The first-order chi connectivity index (χ1) is 4.93. The lowest BCUT2D eigenvalue weighted by atomic mass is 10.2. The zero-order valence-electron chi connectivity index (χ0n) is 6.34. The number of hydrogen-bond donors (Lipinski definition) is 0. The molecule has 0 amide bonds. The Bertz CT molecular complexity index is 80.9. The molecule has 3 heteroatoms. The largest absolute Gasteiger partial charge is 0.382 e. The average molecular weight is 146 g/mol. The fourth-order valence-corrected chi connectivity index (χ4v) is 0.773. The van der Waals surface area contributed by atoms with Gasteiger partial charge in [0.1, 0.15) is 0 Å². The van der Waals surface area contributed by atoms with Gasteiger partial charge in [-0.1, -0.05) is 0 Å². The Morgan fingerprint density at radius 3 is 2.80 bits per heavy atom. The summed E-state index contributed by atoms with van der Waals surface area (Å²) in [6.45, 7) is 2.98. The first kappa shape index (κ1) is 7.98. The van der Waals surface area contributed by atoms with Crippen molar-refractivity contribution >= 4 is 0 Å². The summed E-state index contributed by atoms with van der Waals surface area (Å²) in [6, 6.07) is 0.